The largest absolute Gasteiger partial charge is 0.416 e. The lowest BCUT2D eigenvalue weighted by Crippen LogP contribution is -2.08. The molecule has 0 heterocycles. The maximum atomic E-state index is 14.4. The zero-order valence-electron chi connectivity index (χ0n) is 13.3. The molecule has 0 amide bonds. The van der Waals surface area contributed by atoms with E-state index < -0.39 is 51.8 Å². The zero-order valence-corrected chi connectivity index (χ0v) is 13.3. The van der Waals surface area contributed by atoms with E-state index in [0.717, 1.165) is 12.1 Å². The topological polar surface area (TPSA) is 12.0 Å². The Balaban J connectivity index is 2.14. The van der Waals surface area contributed by atoms with Crippen molar-refractivity contribution < 1.29 is 30.7 Å². The first kappa shape index (κ1) is 18.8. The molecule has 0 fully saturated rings. The van der Waals surface area contributed by atoms with Crippen LogP contribution < -0.4 is 5.32 Å². The summed E-state index contributed by atoms with van der Waals surface area (Å²) < 4.78 is 95.9. The molecule has 0 aliphatic rings. The van der Waals surface area contributed by atoms with Crippen LogP contribution in [0.3, 0.4) is 0 Å². The molecule has 0 saturated heterocycles. The second kappa shape index (κ2) is 6.94. The van der Waals surface area contributed by atoms with Crippen molar-refractivity contribution in [3.8, 4) is 11.1 Å². The number of para-hydroxylation sites is 1. The van der Waals surface area contributed by atoms with Gasteiger partial charge in [-0.25, -0.2) is 17.6 Å². The van der Waals surface area contributed by atoms with Gasteiger partial charge in [0.2, 0.25) is 0 Å². The molecule has 140 valence electrons. The molecule has 0 atom stereocenters. The number of rotatable bonds is 3. The fourth-order valence-electron chi connectivity index (χ4n) is 2.51. The van der Waals surface area contributed by atoms with Crippen LogP contribution in [0.1, 0.15) is 5.56 Å². The molecule has 0 aromatic heterocycles. The van der Waals surface area contributed by atoms with Crippen molar-refractivity contribution >= 4 is 11.4 Å². The minimum Gasteiger partial charge on any atom is -0.351 e. The number of hydrogen-bond acceptors (Lipinski definition) is 1. The molecular weight excluding hydrogens is 375 g/mol. The molecule has 0 unspecified atom stereocenters. The van der Waals surface area contributed by atoms with Crippen LogP contribution in [0.5, 0.6) is 0 Å². The van der Waals surface area contributed by atoms with Crippen molar-refractivity contribution in [3.05, 3.63) is 83.4 Å². The Labute approximate surface area is 149 Å². The third kappa shape index (κ3) is 3.60. The van der Waals surface area contributed by atoms with E-state index in [4.69, 9.17) is 0 Å². The molecule has 27 heavy (non-hydrogen) atoms. The van der Waals surface area contributed by atoms with Crippen LogP contribution in [0.2, 0.25) is 0 Å². The summed E-state index contributed by atoms with van der Waals surface area (Å²) in [6.07, 6.45) is -4.78. The Kier molecular flexibility index (Phi) is 4.82. The minimum atomic E-state index is -4.78. The van der Waals surface area contributed by atoms with Gasteiger partial charge in [-0.05, 0) is 29.8 Å². The van der Waals surface area contributed by atoms with Gasteiger partial charge in [0.05, 0.1) is 11.1 Å². The molecule has 3 rings (SSSR count). The van der Waals surface area contributed by atoms with E-state index in [2.05, 4.69) is 5.32 Å². The fraction of sp³-hybridized carbons (Fsp3) is 0.0526. The molecular formula is C19H10F7N. The highest BCUT2D eigenvalue weighted by molar-refractivity contribution is 5.71. The Morgan fingerprint density at radius 2 is 1.26 bits per heavy atom. The van der Waals surface area contributed by atoms with Gasteiger partial charge in [0.15, 0.2) is 23.3 Å². The molecule has 0 spiro atoms. The average Bonchev–Trinajstić information content (AvgIpc) is 2.64. The Morgan fingerprint density at radius 1 is 0.667 bits per heavy atom. The van der Waals surface area contributed by atoms with Crippen LogP contribution in [-0.4, -0.2) is 0 Å². The number of nitrogens with one attached hydrogen (secondary N) is 1. The van der Waals surface area contributed by atoms with Crippen LogP contribution in [0.15, 0.2) is 54.6 Å². The molecule has 0 aliphatic heterocycles. The summed E-state index contributed by atoms with van der Waals surface area (Å²) in [5, 5.41) is 2.23. The second-order valence-electron chi connectivity index (χ2n) is 5.58. The quantitative estimate of drug-likeness (QED) is 0.392. The van der Waals surface area contributed by atoms with Gasteiger partial charge in [-0.15, -0.1) is 0 Å². The maximum Gasteiger partial charge on any atom is 0.416 e. The van der Waals surface area contributed by atoms with E-state index in [1.807, 2.05) is 0 Å². The number of halogens is 7. The lowest BCUT2D eigenvalue weighted by molar-refractivity contribution is -0.137. The summed E-state index contributed by atoms with van der Waals surface area (Å²) in [7, 11) is 0. The summed E-state index contributed by atoms with van der Waals surface area (Å²) in [4.78, 5) is 0. The first-order chi connectivity index (χ1) is 12.7. The maximum absolute atomic E-state index is 14.4. The normalized spacial score (nSPS) is 11.5. The van der Waals surface area contributed by atoms with Crippen molar-refractivity contribution in [2.75, 3.05) is 5.32 Å². The van der Waals surface area contributed by atoms with Gasteiger partial charge < -0.3 is 5.32 Å². The molecule has 3 aromatic carbocycles. The van der Waals surface area contributed by atoms with Crippen LogP contribution in [0.25, 0.3) is 11.1 Å². The Morgan fingerprint density at radius 3 is 1.81 bits per heavy atom. The van der Waals surface area contributed by atoms with Crippen LogP contribution in [0.4, 0.5) is 42.1 Å². The van der Waals surface area contributed by atoms with E-state index in [1.54, 1.807) is 6.07 Å². The fourth-order valence-corrected chi connectivity index (χ4v) is 2.51. The first-order valence-corrected chi connectivity index (χ1v) is 7.55. The van der Waals surface area contributed by atoms with E-state index in [-0.39, 0.29) is 5.69 Å². The number of anilines is 2. The van der Waals surface area contributed by atoms with Crippen LogP contribution >= 0.6 is 0 Å². The highest BCUT2D eigenvalue weighted by Gasteiger charge is 2.32. The van der Waals surface area contributed by atoms with Gasteiger partial charge in [-0.1, -0.05) is 30.3 Å². The average molecular weight is 385 g/mol. The van der Waals surface area contributed by atoms with Gasteiger partial charge in [0.25, 0.3) is 0 Å². The van der Waals surface area contributed by atoms with Gasteiger partial charge >= 0.3 is 6.18 Å². The van der Waals surface area contributed by atoms with Crippen molar-refractivity contribution in [2.45, 2.75) is 6.18 Å². The van der Waals surface area contributed by atoms with Crippen molar-refractivity contribution in [3.63, 3.8) is 0 Å². The molecule has 0 aliphatic carbocycles. The summed E-state index contributed by atoms with van der Waals surface area (Å²) in [5.74, 6) is -7.09. The molecule has 0 saturated carbocycles. The summed E-state index contributed by atoms with van der Waals surface area (Å²) in [5.41, 5.74) is -3.96. The molecule has 8 heteroatoms. The van der Waals surface area contributed by atoms with E-state index in [9.17, 15) is 30.7 Å². The molecule has 0 bridgehead atoms. The van der Waals surface area contributed by atoms with Gasteiger partial charge in [-0.3, -0.25) is 0 Å². The van der Waals surface area contributed by atoms with E-state index >= 15 is 0 Å². The first-order valence-electron chi connectivity index (χ1n) is 7.55. The highest BCUT2D eigenvalue weighted by atomic mass is 19.4. The number of alkyl halides is 3. The smallest absolute Gasteiger partial charge is 0.351 e. The highest BCUT2D eigenvalue weighted by Crippen LogP contribution is 2.38. The summed E-state index contributed by atoms with van der Waals surface area (Å²) >= 11 is 0. The van der Waals surface area contributed by atoms with Crippen molar-refractivity contribution in [2.24, 2.45) is 0 Å². The van der Waals surface area contributed by atoms with Crippen LogP contribution in [0, 0.1) is 23.3 Å². The molecule has 1 N–H and O–H groups in total. The third-order valence-electron chi connectivity index (χ3n) is 3.79. The van der Waals surface area contributed by atoms with Crippen molar-refractivity contribution in [1.29, 1.82) is 0 Å². The van der Waals surface area contributed by atoms with E-state index in [1.165, 1.54) is 24.3 Å². The predicted molar refractivity (Wildman–Crippen MR) is 86.4 cm³/mol. The zero-order chi connectivity index (χ0) is 19.8. The lowest BCUT2D eigenvalue weighted by atomic mass is 10.0. The predicted octanol–water partition coefficient (Wildman–Crippen LogP) is 6.67. The molecule has 1 nitrogen and oxygen atoms in total. The molecule has 0 radical (unpaired) electrons. The number of benzene rings is 3. The number of hydrogen-bond donors (Lipinski definition) is 1. The Bertz CT molecular complexity index is 952. The summed E-state index contributed by atoms with van der Waals surface area (Å²) in [6.45, 7) is 0. The van der Waals surface area contributed by atoms with Crippen molar-refractivity contribution in [1.82, 2.24) is 0 Å². The lowest BCUT2D eigenvalue weighted by Gasteiger charge is -2.15. The van der Waals surface area contributed by atoms with Gasteiger partial charge in [0, 0.05) is 5.69 Å². The van der Waals surface area contributed by atoms with Gasteiger partial charge in [0.1, 0.15) is 5.69 Å². The van der Waals surface area contributed by atoms with Crippen LogP contribution in [-0.2, 0) is 6.18 Å². The second-order valence-corrected chi connectivity index (χ2v) is 5.58. The summed E-state index contributed by atoms with van der Waals surface area (Å²) in [6, 6.07) is 10.4. The van der Waals surface area contributed by atoms with Gasteiger partial charge in [-0.2, -0.15) is 13.2 Å². The molecule has 3 aromatic rings. The SMILES string of the molecule is Fc1c(F)c(-c2cccc(C(F)(F)F)c2)c(F)c(F)c1Nc1ccccc1. The monoisotopic (exact) mass is 385 g/mol. The van der Waals surface area contributed by atoms with E-state index in [0.29, 0.717) is 12.1 Å². The Hall–Kier alpha value is -3.03. The minimum absolute atomic E-state index is 0.168. The third-order valence-corrected chi connectivity index (χ3v) is 3.79. The standard InChI is InChI=1S/C19H10F7N/c20-14-13(10-5-4-6-11(9-10)19(24,25)26)15(21)17(23)18(16(14)22)27-12-7-2-1-3-8-12/h1-9,27H.